The highest BCUT2D eigenvalue weighted by Crippen LogP contribution is 2.13. The molecule has 0 amide bonds. The molecule has 0 radical (unpaired) electrons. The van der Waals surface area contributed by atoms with E-state index < -0.39 is 0 Å². The van der Waals surface area contributed by atoms with E-state index in [1.165, 1.54) is 7.11 Å². The fourth-order valence-corrected chi connectivity index (χ4v) is 1.78. The quantitative estimate of drug-likeness (QED) is 0.570. The highest BCUT2D eigenvalue weighted by Gasteiger charge is 2.12. The van der Waals surface area contributed by atoms with Crippen LogP contribution in [0.3, 0.4) is 0 Å². The molecule has 0 aromatic carbocycles. The van der Waals surface area contributed by atoms with Crippen LogP contribution in [0.2, 0.25) is 0 Å². The van der Waals surface area contributed by atoms with E-state index in [9.17, 15) is 4.79 Å². The number of hydrogen-bond acceptors (Lipinski definition) is 3. The number of carbonyl (C=O) groups is 1. The molecule has 0 aliphatic heterocycles. The van der Waals surface area contributed by atoms with Gasteiger partial charge in [0.15, 0.2) is 0 Å². The van der Waals surface area contributed by atoms with Crippen molar-refractivity contribution < 1.29 is 9.53 Å². The molecule has 0 unspecified atom stereocenters. The van der Waals surface area contributed by atoms with Crippen molar-refractivity contribution in [1.82, 2.24) is 4.98 Å². The second-order valence-corrected chi connectivity index (χ2v) is 3.97. The van der Waals surface area contributed by atoms with Crippen molar-refractivity contribution in [2.24, 2.45) is 0 Å². The van der Waals surface area contributed by atoms with E-state index in [4.69, 9.17) is 4.74 Å². The molecule has 0 atom stereocenters. The molecule has 3 nitrogen and oxygen atoms in total. The summed E-state index contributed by atoms with van der Waals surface area (Å²) in [7, 11) is 1.38. The molecule has 0 aliphatic rings. The van der Waals surface area contributed by atoms with Crippen LogP contribution in [0.25, 0.3) is 0 Å². The molecule has 114 valence electrons. The molecule has 1 aromatic rings. The van der Waals surface area contributed by atoms with Crippen molar-refractivity contribution in [2.75, 3.05) is 7.11 Å². The van der Waals surface area contributed by atoms with Crippen LogP contribution in [0.15, 0.2) is 54.8 Å². The van der Waals surface area contributed by atoms with Crippen molar-refractivity contribution in [3.8, 4) is 0 Å². The molecule has 0 N–H and O–H groups in total. The maximum Gasteiger partial charge on any atom is 0.339 e. The van der Waals surface area contributed by atoms with Crippen LogP contribution >= 0.6 is 0 Å². The van der Waals surface area contributed by atoms with Crippen molar-refractivity contribution in [3.05, 3.63) is 66.0 Å². The van der Waals surface area contributed by atoms with Crippen molar-refractivity contribution >= 4 is 5.97 Å². The normalized spacial score (nSPS) is 10.8. The summed E-state index contributed by atoms with van der Waals surface area (Å²) < 4.78 is 4.76. The van der Waals surface area contributed by atoms with Crippen LogP contribution in [0.4, 0.5) is 0 Å². The Labute approximate surface area is 128 Å². The summed E-state index contributed by atoms with van der Waals surface area (Å²) in [5.41, 5.74) is 2.44. The van der Waals surface area contributed by atoms with E-state index in [-0.39, 0.29) is 5.97 Å². The zero-order valence-electron chi connectivity index (χ0n) is 13.4. The van der Waals surface area contributed by atoms with Gasteiger partial charge >= 0.3 is 5.97 Å². The zero-order valence-corrected chi connectivity index (χ0v) is 13.4. The predicted molar refractivity (Wildman–Crippen MR) is 88.3 cm³/mol. The number of methoxy groups -OCH3 is 1. The van der Waals surface area contributed by atoms with E-state index in [1.807, 2.05) is 39.0 Å². The number of ether oxygens (including phenoxy) is 1. The number of esters is 1. The zero-order chi connectivity index (χ0) is 16.1. The first kappa shape index (κ1) is 18.8. The summed E-state index contributed by atoms with van der Waals surface area (Å²) in [5, 5.41) is 0. The van der Waals surface area contributed by atoms with E-state index in [1.54, 1.807) is 24.4 Å². The highest BCUT2D eigenvalue weighted by molar-refractivity contribution is 5.90. The standard InChI is InChI=1S/C16H19NO2.C2H6/c1-4-7-13(8-5-2)10-11-15-14(16(18)19-3)9-6-12-17-15;1-2/h4-9,12H,1,10-11H2,2-3H3;1-2H3/b8-5-,13-7+;. The summed E-state index contributed by atoms with van der Waals surface area (Å²) >= 11 is 0. The average molecular weight is 287 g/mol. The third-order valence-electron chi connectivity index (χ3n) is 2.66. The third kappa shape index (κ3) is 6.70. The van der Waals surface area contributed by atoms with Gasteiger partial charge in [-0.05, 0) is 37.5 Å². The molecule has 0 bridgehead atoms. The van der Waals surface area contributed by atoms with E-state index in [0.717, 1.165) is 17.7 Å². The lowest BCUT2D eigenvalue weighted by Crippen LogP contribution is -2.07. The highest BCUT2D eigenvalue weighted by atomic mass is 16.5. The molecule has 21 heavy (non-hydrogen) atoms. The van der Waals surface area contributed by atoms with Gasteiger partial charge in [0, 0.05) is 6.20 Å². The molecule has 0 saturated heterocycles. The summed E-state index contributed by atoms with van der Waals surface area (Å²) in [6, 6.07) is 3.48. The van der Waals surface area contributed by atoms with Crippen molar-refractivity contribution in [3.63, 3.8) is 0 Å². The Morgan fingerprint density at radius 3 is 2.71 bits per heavy atom. The van der Waals surface area contributed by atoms with Gasteiger partial charge in [-0.25, -0.2) is 4.79 Å². The van der Waals surface area contributed by atoms with Crippen LogP contribution in [-0.4, -0.2) is 18.1 Å². The topological polar surface area (TPSA) is 39.2 Å². The Hall–Kier alpha value is -2.16. The Balaban J connectivity index is 0.00000191. The molecule has 3 heteroatoms. The molecule has 0 fully saturated rings. The first-order valence-electron chi connectivity index (χ1n) is 7.19. The number of allylic oxidation sites excluding steroid dienone is 5. The summed E-state index contributed by atoms with van der Waals surface area (Å²) in [5.74, 6) is -0.344. The van der Waals surface area contributed by atoms with E-state index in [2.05, 4.69) is 11.6 Å². The van der Waals surface area contributed by atoms with Crippen molar-refractivity contribution in [1.29, 1.82) is 0 Å². The van der Waals surface area contributed by atoms with Gasteiger partial charge < -0.3 is 4.74 Å². The van der Waals surface area contributed by atoms with Gasteiger partial charge in [0.05, 0.1) is 18.4 Å². The Morgan fingerprint density at radius 1 is 1.43 bits per heavy atom. The van der Waals surface area contributed by atoms with Crippen LogP contribution in [0, 0.1) is 0 Å². The first-order chi connectivity index (χ1) is 10.2. The van der Waals surface area contributed by atoms with Gasteiger partial charge in [0.2, 0.25) is 0 Å². The largest absolute Gasteiger partial charge is 0.465 e. The number of pyridine rings is 1. The molecule has 1 rings (SSSR count). The predicted octanol–water partition coefficient (Wildman–Crippen LogP) is 4.52. The lowest BCUT2D eigenvalue weighted by molar-refractivity contribution is 0.0599. The molecule has 0 saturated carbocycles. The fraction of sp³-hybridized carbons (Fsp3) is 0.333. The number of rotatable bonds is 6. The van der Waals surface area contributed by atoms with Crippen LogP contribution in [0.5, 0.6) is 0 Å². The number of carbonyl (C=O) groups excluding carboxylic acids is 1. The number of aryl methyl sites for hydroxylation is 1. The Morgan fingerprint density at radius 2 is 2.14 bits per heavy atom. The smallest absolute Gasteiger partial charge is 0.339 e. The average Bonchev–Trinajstić information content (AvgIpc) is 2.54. The van der Waals surface area contributed by atoms with Gasteiger partial charge in [-0.3, -0.25) is 4.98 Å². The van der Waals surface area contributed by atoms with E-state index >= 15 is 0 Å². The lowest BCUT2D eigenvalue weighted by atomic mass is 10.0. The Kier molecular flexibility index (Phi) is 10.5. The van der Waals surface area contributed by atoms with Gasteiger partial charge in [-0.2, -0.15) is 0 Å². The minimum atomic E-state index is -0.344. The van der Waals surface area contributed by atoms with Gasteiger partial charge in [-0.1, -0.05) is 44.7 Å². The third-order valence-corrected chi connectivity index (χ3v) is 2.66. The lowest BCUT2D eigenvalue weighted by Gasteiger charge is -2.07. The van der Waals surface area contributed by atoms with Crippen LogP contribution in [0.1, 0.15) is 43.2 Å². The van der Waals surface area contributed by atoms with Gasteiger partial charge in [0.25, 0.3) is 0 Å². The van der Waals surface area contributed by atoms with E-state index in [0.29, 0.717) is 12.0 Å². The molecular formula is C18H25NO2. The molecular weight excluding hydrogens is 262 g/mol. The molecule has 0 aliphatic carbocycles. The maximum absolute atomic E-state index is 11.6. The molecule has 1 aromatic heterocycles. The fourth-order valence-electron chi connectivity index (χ4n) is 1.78. The summed E-state index contributed by atoms with van der Waals surface area (Å²) in [4.78, 5) is 15.9. The van der Waals surface area contributed by atoms with Gasteiger partial charge in [-0.15, -0.1) is 0 Å². The number of nitrogens with zero attached hydrogens (tertiary/aromatic N) is 1. The van der Waals surface area contributed by atoms with Gasteiger partial charge in [0.1, 0.15) is 0 Å². The van der Waals surface area contributed by atoms with Crippen LogP contribution in [-0.2, 0) is 11.2 Å². The van der Waals surface area contributed by atoms with Crippen molar-refractivity contribution in [2.45, 2.75) is 33.6 Å². The number of hydrogen-bond donors (Lipinski definition) is 0. The van der Waals surface area contributed by atoms with Crippen LogP contribution < -0.4 is 0 Å². The second kappa shape index (κ2) is 11.6. The monoisotopic (exact) mass is 287 g/mol. The number of aromatic nitrogens is 1. The Bertz CT molecular complexity index is 502. The molecule has 1 heterocycles. The maximum atomic E-state index is 11.6. The summed E-state index contributed by atoms with van der Waals surface area (Å²) in [6.07, 6.45) is 10.9. The minimum Gasteiger partial charge on any atom is -0.465 e. The first-order valence-corrected chi connectivity index (χ1v) is 7.19. The summed E-state index contributed by atoms with van der Waals surface area (Å²) in [6.45, 7) is 9.67. The minimum absolute atomic E-state index is 0.344. The molecule has 0 spiro atoms. The second-order valence-electron chi connectivity index (χ2n) is 3.97. The SMILES string of the molecule is C=C/C=C(\C=C/C)CCc1ncccc1C(=O)OC.CC.